The Bertz CT molecular complexity index is 1520. The van der Waals surface area contributed by atoms with E-state index in [4.69, 9.17) is 14.2 Å². The highest BCUT2D eigenvalue weighted by atomic mass is 32.2. The first-order chi connectivity index (χ1) is 19.8. The summed E-state index contributed by atoms with van der Waals surface area (Å²) in [5.74, 6) is 0.163. The lowest BCUT2D eigenvalue weighted by Crippen LogP contribution is -2.39. The molecule has 9 nitrogen and oxygen atoms in total. The van der Waals surface area contributed by atoms with E-state index >= 15 is 4.39 Å². The topological polar surface area (TPSA) is 88.6 Å². The number of morpholine rings is 1. The van der Waals surface area contributed by atoms with Crippen LogP contribution in [0.3, 0.4) is 0 Å². The molecule has 3 aliphatic rings. The van der Waals surface area contributed by atoms with Gasteiger partial charge in [-0.3, -0.25) is 4.90 Å². The average molecular weight is 602 g/mol. The van der Waals surface area contributed by atoms with Crippen molar-refractivity contribution >= 4 is 38.8 Å². The number of fused-ring (bicyclic) bond motifs is 1. The van der Waals surface area contributed by atoms with Crippen molar-refractivity contribution in [3.63, 3.8) is 0 Å². The van der Waals surface area contributed by atoms with Crippen LogP contribution < -0.4 is 19.3 Å². The minimum Gasteiger partial charge on any atom is -0.495 e. The zero-order valence-corrected chi connectivity index (χ0v) is 24.5. The molecule has 2 unspecified atom stereocenters. The summed E-state index contributed by atoms with van der Waals surface area (Å²) < 4.78 is 60.0. The van der Waals surface area contributed by atoms with Gasteiger partial charge in [-0.05, 0) is 78.1 Å². The van der Waals surface area contributed by atoms with Crippen LogP contribution in [0.15, 0.2) is 58.8 Å². The fourth-order valence-electron chi connectivity index (χ4n) is 5.89. The summed E-state index contributed by atoms with van der Waals surface area (Å²) in [6.07, 6.45) is -0.593. The first-order valence-corrected chi connectivity index (χ1v) is 15.9. The summed E-state index contributed by atoms with van der Waals surface area (Å²) in [6.45, 7) is 5.16. The van der Waals surface area contributed by atoms with Crippen molar-refractivity contribution in [3.05, 3.63) is 65.3 Å². The molecule has 3 aromatic rings. The molecule has 41 heavy (non-hydrogen) atoms. The van der Waals surface area contributed by atoms with Gasteiger partial charge in [0.2, 0.25) is 10.0 Å². The van der Waals surface area contributed by atoms with Gasteiger partial charge in [-0.2, -0.15) is 4.31 Å². The van der Waals surface area contributed by atoms with Gasteiger partial charge in [0.05, 0.1) is 31.7 Å². The Morgan fingerprint density at radius 1 is 1.12 bits per heavy atom. The Morgan fingerprint density at radius 2 is 1.88 bits per heavy atom. The summed E-state index contributed by atoms with van der Waals surface area (Å²) in [6, 6.07) is 13.4. The molecule has 0 bridgehead atoms. The molecule has 2 saturated heterocycles. The second-order valence-corrected chi connectivity index (χ2v) is 13.4. The normalized spacial score (nSPS) is 22.3. The zero-order valence-electron chi connectivity index (χ0n) is 22.9. The van der Waals surface area contributed by atoms with Crippen molar-refractivity contribution < 1.29 is 31.8 Å². The number of amides is 1. The number of hydrogen-bond donors (Lipinski definition) is 0. The maximum Gasteiger partial charge on any atom is 0.420 e. The Hall–Kier alpha value is -3.19. The number of carbonyl (C=O) groups excluding carboxylic acids is 1. The second kappa shape index (κ2) is 11.2. The summed E-state index contributed by atoms with van der Waals surface area (Å²) in [7, 11) is -2.27. The molecule has 0 spiro atoms. The van der Waals surface area contributed by atoms with Gasteiger partial charge in [-0.25, -0.2) is 17.6 Å². The highest BCUT2D eigenvalue weighted by Crippen LogP contribution is 2.53. The number of piperidine rings is 1. The lowest BCUT2D eigenvalue weighted by molar-refractivity contribution is 0.122. The molecule has 2 atom stereocenters. The third-order valence-electron chi connectivity index (χ3n) is 8.17. The maximum atomic E-state index is 15.3. The van der Waals surface area contributed by atoms with Crippen LogP contribution in [0.2, 0.25) is 0 Å². The molecule has 2 aliphatic heterocycles. The van der Waals surface area contributed by atoms with E-state index in [9.17, 15) is 13.2 Å². The van der Waals surface area contributed by atoms with Crippen molar-refractivity contribution in [2.24, 2.45) is 17.8 Å². The van der Waals surface area contributed by atoms with Crippen LogP contribution >= 0.6 is 11.3 Å². The number of hydrogen-bond acceptors (Lipinski definition) is 8. The Labute approximate surface area is 243 Å². The number of nitrogens with zero attached hydrogens (tertiary/aromatic N) is 3. The number of sulfonamides is 1. The number of rotatable bonds is 8. The largest absolute Gasteiger partial charge is 0.495 e. The zero-order chi connectivity index (χ0) is 28.7. The molecule has 6 rings (SSSR count). The molecule has 1 amide bonds. The first kappa shape index (κ1) is 28.0. The number of thiophene rings is 1. The molecule has 3 fully saturated rings. The molecule has 12 heteroatoms. The standard InChI is InChI=1S/C29H32FN3O6S2/c1-19-5-8-27(26(14-19)37-2)41(35,36)32-16-21-22(17-32)23(21)18-33(29(34)39-28-4-3-13-40-28)20-6-7-25(24(30)15-20)31-9-11-38-12-10-31/h3-8,13-15,21-23H,9-12,16-18H2,1-2H3. The van der Waals surface area contributed by atoms with E-state index in [-0.39, 0.29) is 22.6 Å². The van der Waals surface area contributed by atoms with Gasteiger partial charge in [0.15, 0.2) is 5.06 Å². The summed E-state index contributed by atoms with van der Waals surface area (Å²) in [5.41, 5.74) is 1.79. The van der Waals surface area contributed by atoms with Crippen LogP contribution in [0.25, 0.3) is 0 Å². The van der Waals surface area contributed by atoms with E-state index in [1.807, 2.05) is 17.2 Å². The predicted molar refractivity (Wildman–Crippen MR) is 154 cm³/mol. The lowest BCUT2D eigenvalue weighted by Gasteiger charge is -2.30. The number of methoxy groups -OCH3 is 1. The summed E-state index contributed by atoms with van der Waals surface area (Å²) >= 11 is 1.30. The molecule has 0 radical (unpaired) electrons. The van der Waals surface area contributed by atoms with Gasteiger partial charge >= 0.3 is 6.09 Å². The third kappa shape index (κ3) is 5.53. The van der Waals surface area contributed by atoms with Crippen molar-refractivity contribution in [2.75, 3.05) is 62.8 Å². The number of carbonyl (C=O) groups is 1. The van der Waals surface area contributed by atoms with E-state index in [2.05, 4.69) is 0 Å². The minimum atomic E-state index is -3.74. The Morgan fingerprint density at radius 3 is 2.54 bits per heavy atom. The Balaban J connectivity index is 1.19. The van der Waals surface area contributed by atoms with Gasteiger partial charge < -0.3 is 19.1 Å². The van der Waals surface area contributed by atoms with Gasteiger partial charge in [0.1, 0.15) is 16.5 Å². The van der Waals surface area contributed by atoms with Gasteiger partial charge in [-0.1, -0.05) is 6.07 Å². The SMILES string of the molecule is COc1cc(C)ccc1S(=O)(=O)N1CC2C(CN(C(=O)Oc3cccs3)c3ccc(N4CCOCC4)c(F)c3)C2C1. The summed E-state index contributed by atoms with van der Waals surface area (Å²) in [5, 5.41) is 2.26. The van der Waals surface area contributed by atoms with E-state index in [1.54, 1.807) is 42.5 Å². The first-order valence-electron chi connectivity index (χ1n) is 13.6. The number of benzene rings is 2. The molecule has 0 N–H and O–H groups in total. The van der Waals surface area contributed by atoms with Crippen LogP contribution in [0.5, 0.6) is 10.8 Å². The van der Waals surface area contributed by atoms with Gasteiger partial charge in [-0.15, -0.1) is 11.3 Å². The molecule has 1 aromatic heterocycles. The number of anilines is 2. The van der Waals surface area contributed by atoms with Crippen molar-refractivity contribution in [2.45, 2.75) is 11.8 Å². The molecule has 1 saturated carbocycles. The van der Waals surface area contributed by atoms with Crippen molar-refractivity contribution in [3.8, 4) is 10.8 Å². The molecule has 3 heterocycles. The van der Waals surface area contributed by atoms with Crippen LogP contribution in [-0.4, -0.2) is 71.9 Å². The van der Waals surface area contributed by atoms with Gasteiger partial charge in [0.25, 0.3) is 0 Å². The van der Waals surface area contributed by atoms with Crippen LogP contribution in [-0.2, 0) is 14.8 Å². The lowest BCUT2D eigenvalue weighted by atomic mass is 10.2. The Kier molecular flexibility index (Phi) is 7.66. The molecular formula is C29H32FN3O6S2. The quantitative estimate of drug-likeness (QED) is 0.373. The van der Waals surface area contributed by atoms with Crippen LogP contribution in [0.4, 0.5) is 20.6 Å². The number of ether oxygens (including phenoxy) is 3. The molecular weight excluding hydrogens is 569 g/mol. The van der Waals surface area contributed by atoms with E-state index < -0.39 is 21.9 Å². The molecule has 1 aliphatic carbocycles. The van der Waals surface area contributed by atoms with E-state index in [0.717, 1.165) is 5.56 Å². The molecule has 2 aromatic carbocycles. The summed E-state index contributed by atoms with van der Waals surface area (Å²) in [4.78, 5) is 16.9. The van der Waals surface area contributed by atoms with E-state index in [0.29, 0.717) is 68.1 Å². The van der Waals surface area contributed by atoms with E-state index in [1.165, 1.54) is 33.7 Å². The maximum absolute atomic E-state index is 15.3. The average Bonchev–Trinajstić information content (AvgIpc) is 3.32. The second-order valence-electron chi connectivity index (χ2n) is 10.6. The molecule has 218 valence electrons. The van der Waals surface area contributed by atoms with Gasteiger partial charge in [0, 0.05) is 32.7 Å². The van der Waals surface area contributed by atoms with Crippen LogP contribution in [0.1, 0.15) is 5.56 Å². The monoisotopic (exact) mass is 601 g/mol. The van der Waals surface area contributed by atoms with Crippen LogP contribution in [0, 0.1) is 30.5 Å². The fraction of sp³-hybridized carbons (Fsp3) is 0.414. The fourth-order valence-corrected chi connectivity index (χ4v) is 8.11. The third-order valence-corrected chi connectivity index (χ3v) is 10.8. The number of aryl methyl sites for hydroxylation is 1. The smallest absolute Gasteiger partial charge is 0.420 e. The minimum absolute atomic E-state index is 0.0687. The predicted octanol–water partition coefficient (Wildman–Crippen LogP) is 4.61. The highest BCUT2D eigenvalue weighted by molar-refractivity contribution is 7.89. The number of halogens is 1. The highest BCUT2D eigenvalue weighted by Gasteiger charge is 2.58. The van der Waals surface area contributed by atoms with Crippen molar-refractivity contribution in [1.29, 1.82) is 0 Å². The van der Waals surface area contributed by atoms with Crippen molar-refractivity contribution in [1.82, 2.24) is 4.31 Å².